The Morgan fingerprint density at radius 2 is 1.77 bits per heavy atom. The monoisotopic (exact) mass is 551 g/mol. The fraction of sp³-hybridized carbons (Fsp3) is 0.367. The van der Waals surface area contributed by atoms with Crippen LogP contribution in [-0.4, -0.2) is 66.3 Å². The van der Waals surface area contributed by atoms with Gasteiger partial charge in [-0.05, 0) is 48.0 Å². The van der Waals surface area contributed by atoms with Crippen molar-refractivity contribution in [2.75, 3.05) is 46.6 Å². The molecule has 0 radical (unpaired) electrons. The van der Waals surface area contributed by atoms with Crippen molar-refractivity contribution >= 4 is 22.6 Å². The molecule has 206 valence electrons. The standard InChI is InChI=1S/C30H34ClN3O5/c1-32-27-8-3-4-9-28(27)34(29(32)35)15-17-38-25-12-10-23(11-13-25)19-33-14-16-37-21-30(20-33,36-2)22-39-26-7-5-6-24(31)18-26/h3-13,18H,14-17,19-22H2,1-2H3. The third-order valence-corrected chi connectivity index (χ3v) is 7.36. The second-order valence-corrected chi connectivity index (χ2v) is 10.3. The van der Waals surface area contributed by atoms with E-state index in [4.69, 9.17) is 30.5 Å². The lowest BCUT2D eigenvalue weighted by molar-refractivity contribution is -0.0925. The first-order chi connectivity index (χ1) is 19.0. The molecule has 9 heteroatoms. The average molecular weight is 552 g/mol. The van der Waals surface area contributed by atoms with Gasteiger partial charge in [0.15, 0.2) is 0 Å². The van der Waals surface area contributed by atoms with Crippen molar-refractivity contribution in [1.82, 2.24) is 14.0 Å². The molecule has 4 aromatic rings. The number of rotatable bonds is 10. The van der Waals surface area contributed by atoms with Gasteiger partial charge in [0.25, 0.3) is 0 Å². The first-order valence-electron chi connectivity index (χ1n) is 13.1. The van der Waals surface area contributed by atoms with Gasteiger partial charge in [0.05, 0.1) is 30.8 Å². The second-order valence-electron chi connectivity index (χ2n) is 9.87. The summed E-state index contributed by atoms with van der Waals surface area (Å²) in [5.74, 6) is 1.48. The van der Waals surface area contributed by atoms with Gasteiger partial charge in [0, 0.05) is 38.8 Å². The molecule has 1 aromatic heterocycles. The maximum Gasteiger partial charge on any atom is 0.328 e. The topological polar surface area (TPSA) is 67.1 Å². The van der Waals surface area contributed by atoms with Gasteiger partial charge in [-0.25, -0.2) is 4.79 Å². The molecule has 1 saturated heterocycles. The number of para-hydroxylation sites is 2. The summed E-state index contributed by atoms with van der Waals surface area (Å²) in [4.78, 5) is 14.9. The number of imidazole rings is 1. The van der Waals surface area contributed by atoms with Gasteiger partial charge in [-0.1, -0.05) is 41.9 Å². The van der Waals surface area contributed by atoms with Gasteiger partial charge in [-0.3, -0.25) is 14.0 Å². The van der Waals surface area contributed by atoms with Gasteiger partial charge in [0.2, 0.25) is 0 Å². The number of aryl methyl sites for hydroxylation is 1. The molecule has 3 aromatic carbocycles. The summed E-state index contributed by atoms with van der Waals surface area (Å²) >= 11 is 6.10. The van der Waals surface area contributed by atoms with Crippen LogP contribution in [0.4, 0.5) is 0 Å². The molecule has 1 fully saturated rings. The Morgan fingerprint density at radius 1 is 0.974 bits per heavy atom. The van der Waals surface area contributed by atoms with Crippen molar-refractivity contribution in [2.45, 2.75) is 18.7 Å². The van der Waals surface area contributed by atoms with E-state index >= 15 is 0 Å². The summed E-state index contributed by atoms with van der Waals surface area (Å²) in [5.41, 5.74) is 2.36. The number of hydrogen-bond donors (Lipinski definition) is 0. The summed E-state index contributed by atoms with van der Waals surface area (Å²) in [5, 5.41) is 0.632. The lowest BCUT2D eigenvalue weighted by Gasteiger charge is -2.34. The third-order valence-electron chi connectivity index (χ3n) is 7.12. The fourth-order valence-electron chi connectivity index (χ4n) is 4.94. The predicted molar refractivity (Wildman–Crippen MR) is 152 cm³/mol. The predicted octanol–water partition coefficient (Wildman–Crippen LogP) is 4.37. The molecule has 1 aliphatic heterocycles. The molecule has 8 nitrogen and oxygen atoms in total. The van der Waals surface area contributed by atoms with Crippen molar-refractivity contribution in [3.8, 4) is 11.5 Å². The molecule has 0 amide bonds. The Labute approximate surface area is 233 Å². The van der Waals surface area contributed by atoms with Crippen molar-refractivity contribution < 1.29 is 18.9 Å². The molecule has 1 unspecified atom stereocenters. The lowest BCUT2D eigenvalue weighted by Crippen LogP contribution is -2.50. The Morgan fingerprint density at radius 3 is 2.54 bits per heavy atom. The highest BCUT2D eigenvalue weighted by Crippen LogP contribution is 2.23. The minimum atomic E-state index is -0.596. The van der Waals surface area contributed by atoms with E-state index in [1.54, 1.807) is 29.4 Å². The van der Waals surface area contributed by atoms with E-state index in [0.29, 0.717) is 50.3 Å². The molecular formula is C30H34ClN3O5. The van der Waals surface area contributed by atoms with E-state index in [2.05, 4.69) is 17.0 Å². The zero-order valence-electron chi connectivity index (χ0n) is 22.3. The number of fused-ring (bicyclic) bond motifs is 1. The first kappa shape index (κ1) is 27.3. The number of hydrogen-bond acceptors (Lipinski definition) is 6. The quantitative estimate of drug-likeness (QED) is 0.292. The molecule has 2 heterocycles. The summed E-state index contributed by atoms with van der Waals surface area (Å²) in [6.45, 7) is 4.52. The highest BCUT2D eigenvalue weighted by atomic mass is 35.5. The Bertz CT molecular complexity index is 1450. The number of ether oxygens (including phenoxy) is 4. The first-order valence-corrected chi connectivity index (χ1v) is 13.4. The third kappa shape index (κ3) is 6.47. The summed E-state index contributed by atoms with van der Waals surface area (Å²) in [7, 11) is 3.49. The molecule has 1 aliphatic rings. The van der Waals surface area contributed by atoms with Crippen LogP contribution in [0.25, 0.3) is 11.0 Å². The highest BCUT2D eigenvalue weighted by molar-refractivity contribution is 6.30. The van der Waals surface area contributed by atoms with Gasteiger partial charge >= 0.3 is 5.69 Å². The van der Waals surface area contributed by atoms with E-state index in [0.717, 1.165) is 35.4 Å². The molecule has 0 N–H and O–H groups in total. The van der Waals surface area contributed by atoms with Crippen LogP contribution in [0.15, 0.2) is 77.6 Å². The summed E-state index contributed by atoms with van der Waals surface area (Å²) < 4.78 is 27.3. The maximum atomic E-state index is 12.6. The second kappa shape index (κ2) is 12.3. The summed E-state index contributed by atoms with van der Waals surface area (Å²) in [6, 6.07) is 23.2. The molecule has 0 spiro atoms. The SMILES string of the molecule is COC1(COc2cccc(Cl)c2)COCCN(Cc2ccc(OCCn3c(=O)n(C)c4ccccc43)cc2)C1. The molecule has 0 aliphatic carbocycles. The van der Waals surface area contributed by atoms with E-state index < -0.39 is 5.60 Å². The van der Waals surface area contributed by atoms with Crippen LogP contribution in [0.5, 0.6) is 11.5 Å². The van der Waals surface area contributed by atoms with Gasteiger partial charge in [0.1, 0.15) is 30.3 Å². The van der Waals surface area contributed by atoms with Crippen LogP contribution in [0.2, 0.25) is 5.02 Å². The molecule has 0 saturated carbocycles. The van der Waals surface area contributed by atoms with E-state index in [9.17, 15) is 4.79 Å². The van der Waals surface area contributed by atoms with Crippen LogP contribution in [0.1, 0.15) is 5.56 Å². The Balaban J connectivity index is 1.17. The largest absolute Gasteiger partial charge is 0.492 e. The zero-order chi connectivity index (χ0) is 27.2. The van der Waals surface area contributed by atoms with E-state index in [1.165, 1.54) is 0 Å². The van der Waals surface area contributed by atoms with E-state index in [1.807, 2.05) is 54.6 Å². The van der Waals surface area contributed by atoms with Crippen LogP contribution in [0, 0.1) is 0 Å². The fourth-order valence-corrected chi connectivity index (χ4v) is 5.12. The van der Waals surface area contributed by atoms with Crippen molar-refractivity contribution in [1.29, 1.82) is 0 Å². The Hall–Kier alpha value is -3.30. The van der Waals surface area contributed by atoms with E-state index in [-0.39, 0.29) is 5.69 Å². The van der Waals surface area contributed by atoms with Crippen molar-refractivity contribution in [2.24, 2.45) is 7.05 Å². The number of benzene rings is 3. The summed E-state index contributed by atoms with van der Waals surface area (Å²) in [6.07, 6.45) is 0. The minimum absolute atomic E-state index is 0.0401. The zero-order valence-corrected chi connectivity index (χ0v) is 23.1. The number of methoxy groups -OCH3 is 1. The molecule has 0 bridgehead atoms. The van der Waals surface area contributed by atoms with Crippen LogP contribution in [0.3, 0.4) is 0 Å². The number of nitrogens with zero attached hydrogens (tertiary/aromatic N) is 3. The van der Waals surface area contributed by atoms with Crippen molar-refractivity contribution in [3.05, 3.63) is 93.9 Å². The van der Waals surface area contributed by atoms with Crippen LogP contribution < -0.4 is 15.2 Å². The molecule has 1 atom stereocenters. The van der Waals surface area contributed by atoms with Crippen LogP contribution >= 0.6 is 11.6 Å². The van der Waals surface area contributed by atoms with Crippen molar-refractivity contribution in [3.63, 3.8) is 0 Å². The number of halogens is 1. The average Bonchev–Trinajstić information content (AvgIpc) is 3.07. The number of aromatic nitrogens is 2. The lowest BCUT2D eigenvalue weighted by atomic mass is 10.1. The maximum absolute atomic E-state index is 12.6. The molecule has 39 heavy (non-hydrogen) atoms. The normalized spacial score (nSPS) is 18.2. The van der Waals surface area contributed by atoms with Gasteiger partial charge < -0.3 is 18.9 Å². The smallest absolute Gasteiger partial charge is 0.328 e. The molecule has 5 rings (SSSR count). The van der Waals surface area contributed by atoms with Gasteiger partial charge in [-0.15, -0.1) is 0 Å². The minimum Gasteiger partial charge on any atom is -0.492 e. The Kier molecular flexibility index (Phi) is 8.57. The molecular weight excluding hydrogens is 518 g/mol. The van der Waals surface area contributed by atoms with Crippen LogP contribution in [-0.2, 0) is 29.6 Å². The highest BCUT2D eigenvalue weighted by Gasteiger charge is 2.36. The van der Waals surface area contributed by atoms with Gasteiger partial charge in [-0.2, -0.15) is 0 Å².